The number of piperidine rings is 1. The van der Waals surface area contributed by atoms with Crippen molar-refractivity contribution in [2.45, 2.75) is 104 Å². The second kappa shape index (κ2) is 10.2. The summed E-state index contributed by atoms with van der Waals surface area (Å²) in [5.74, 6) is -2.09. The van der Waals surface area contributed by atoms with Gasteiger partial charge in [-0.15, -0.1) is 0 Å². The fourth-order valence-electron chi connectivity index (χ4n) is 6.55. The predicted octanol–water partition coefficient (Wildman–Crippen LogP) is 2.14. The van der Waals surface area contributed by atoms with Crippen molar-refractivity contribution in [2.24, 2.45) is 40.2 Å². The van der Waals surface area contributed by atoms with E-state index < -0.39 is 47.2 Å². The van der Waals surface area contributed by atoms with Gasteiger partial charge in [0, 0.05) is 6.54 Å². The Hall–Kier alpha value is -2.65. The summed E-state index contributed by atoms with van der Waals surface area (Å²) in [5.41, 5.74) is 4.48. The summed E-state index contributed by atoms with van der Waals surface area (Å²) in [5, 5.41) is 5.57. The van der Waals surface area contributed by atoms with Crippen molar-refractivity contribution in [1.29, 1.82) is 0 Å². The molecule has 4 rings (SSSR count). The molecule has 4 amide bonds. The molecule has 10 heteroatoms. The van der Waals surface area contributed by atoms with Gasteiger partial charge in [-0.3, -0.25) is 19.2 Å². The first-order valence-electron chi connectivity index (χ1n) is 14.0. The number of fused-ring (bicyclic) bond motifs is 1. The second-order valence-corrected chi connectivity index (χ2v) is 13.7. The van der Waals surface area contributed by atoms with Gasteiger partial charge in [0.25, 0.3) is 5.91 Å². The largest absolute Gasteiger partial charge is 0.446 e. The number of amides is 4. The molecule has 0 aromatic carbocycles. The highest BCUT2D eigenvalue weighted by Gasteiger charge is 2.70. The molecule has 3 aliphatic carbocycles. The van der Waals surface area contributed by atoms with Crippen LogP contribution >= 0.6 is 0 Å². The Morgan fingerprint density at radius 2 is 1.71 bits per heavy atom. The normalized spacial score (nSPS) is 31.1. The van der Waals surface area contributed by atoms with Crippen LogP contribution in [0.3, 0.4) is 0 Å². The van der Waals surface area contributed by atoms with E-state index >= 15 is 0 Å². The van der Waals surface area contributed by atoms with E-state index in [4.69, 9.17) is 10.5 Å². The van der Waals surface area contributed by atoms with Crippen molar-refractivity contribution >= 4 is 29.6 Å². The van der Waals surface area contributed by atoms with Gasteiger partial charge in [0.2, 0.25) is 17.6 Å². The van der Waals surface area contributed by atoms with E-state index in [0.717, 1.165) is 32.1 Å². The van der Waals surface area contributed by atoms with Gasteiger partial charge in [-0.25, -0.2) is 4.79 Å². The molecular formula is C28H44N4O6. The second-order valence-electron chi connectivity index (χ2n) is 13.7. The van der Waals surface area contributed by atoms with Gasteiger partial charge in [-0.2, -0.15) is 0 Å². The molecule has 3 saturated carbocycles. The summed E-state index contributed by atoms with van der Waals surface area (Å²) in [6.45, 7) is 12.2. The Morgan fingerprint density at radius 3 is 2.24 bits per heavy atom. The monoisotopic (exact) mass is 532 g/mol. The van der Waals surface area contributed by atoms with Crippen molar-refractivity contribution in [3.63, 3.8) is 0 Å². The average Bonchev–Trinajstić information content (AvgIpc) is 3.58. The topological polar surface area (TPSA) is 148 Å². The molecule has 1 saturated heterocycles. The zero-order valence-corrected chi connectivity index (χ0v) is 23.5. The van der Waals surface area contributed by atoms with Crippen LogP contribution in [-0.4, -0.2) is 65.3 Å². The zero-order chi connectivity index (χ0) is 28.2. The minimum absolute atomic E-state index is 0.0800. The van der Waals surface area contributed by atoms with Gasteiger partial charge in [0.1, 0.15) is 18.2 Å². The summed E-state index contributed by atoms with van der Waals surface area (Å²) < 4.78 is 5.66. The van der Waals surface area contributed by atoms with Gasteiger partial charge >= 0.3 is 6.09 Å². The van der Waals surface area contributed by atoms with Crippen LogP contribution in [0.15, 0.2) is 0 Å². The third-order valence-electron chi connectivity index (χ3n) is 9.32. The number of ether oxygens (including phenoxy) is 1. The summed E-state index contributed by atoms with van der Waals surface area (Å²) in [6.07, 6.45) is 4.27. The van der Waals surface area contributed by atoms with E-state index in [1.165, 1.54) is 0 Å². The SMILES string of the molecule is C[C@H]1CCC[C@@H]1OC(=O)N[C@H](C(=O)N1CC2C([C@H]1C(=O)NC(CC1CC1)C(=O)C(N)=O)C2(C)C)C(C)(C)C. The van der Waals surface area contributed by atoms with E-state index in [0.29, 0.717) is 13.0 Å². The summed E-state index contributed by atoms with van der Waals surface area (Å²) in [7, 11) is 0. The molecular weight excluding hydrogens is 488 g/mol. The van der Waals surface area contributed by atoms with E-state index in [2.05, 4.69) is 31.4 Å². The van der Waals surface area contributed by atoms with Crippen LogP contribution in [0.4, 0.5) is 4.79 Å². The molecule has 212 valence electrons. The number of nitrogens with one attached hydrogen (secondary N) is 2. The fraction of sp³-hybridized carbons (Fsp3) is 0.821. The number of hydrogen-bond donors (Lipinski definition) is 3. The zero-order valence-electron chi connectivity index (χ0n) is 23.5. The van der Waals surface area contributed by atoms with Crippen LogP contribution in [0.5, 0.6) is 0 Å². The lowest BCUT2D eigenvalue weighted by molar-refractivity contribution is -0.145. The Bertz CT molecular complexity index is 1000. The van der Waals surface area contributed by atoms with E-state index in [1.807, 2.05) is 20.8 Å². The highest BCUT2D eigenvalue weighted by Crippen LogP contribution is 2.65. The van der Waals surface area contributed by atoms with Gasteiger partial charge < -0.3 is 26.0 Å². The molecule has 1 aliphatic heterocycles. The highest BCUT2D eigenvalue weighted by molar-refractivity contribution is 6.37. The first-order valence-corrected chi connectivity index (χ1v) is 14.0. The molecule has 4 aliphatic rings. The molecule has 0 radical (unpaired) electrons. The number of nitrogens with two attached hydrogens (primary N) is 1. The third-order valence-corrected chi connectivity index (χ3v) is 9.32. The van der Waals surface area contributed by atoms with Crippen molar-refractivity contribution in [2.75, 3.05) is 6.54 Å². The maximum absolute atomic E-state index is 14.0. The quantitative estimate of drug-likeness (QED) is 0.388. The van der Waals surface area contributed by atoms with Gasteiger partial charge in [-0.1, -0.05) is 54.4 Å². The molecule has 3 unspecified atom stereocenters. The lowest BCUT2D eigenvalue weighted by Gasteiger charge is -2.38. The third kappa shape index (κ3) is 5.69. The molecule has 4 N–H and O–H groups in total. The van der Waals surface area contributed by atoms with Crippen molar-refractivity contribution in [1.82, 2.24) is 15.5 Å². The van der Waals surface area contributed by atoms with Crippen LogP contribution in [0.1, 0.15) is 80.1 Å². The maximum Gasteiger partial charge on any atom is 0.408 e. The van der Waals surface area contributed by atoms with Crippen LogP contribution < -0.4 is 16.4 Å². The summed E-state index contributed by atoms with van der Waals surface area (Å²) in [4.78, 5) is 66.2. The molecule has 0 aromatic heterocycles. The fourth-order valence-corrected chi connectivity index (χ4v) is 6.55. The minimum atomic E-state index is -1.08. The first-order chi connectivity index (χ1) is 17.6. The van der Waals surface area contributed by atoms with Crippen LogP contribution in [0.25, 0.3) is 0 Å². The van der Waals surface area contributed by atoms with Crippen molar-refractivity contribution in [3.8, 4) is 0 Å². The smallest absolute Gasteiger partial charge is 0.408 e. The van der Waals surface area contributed by atoms with E-state index in [1.54, 1.807) is 4.90 Å². The minimum Gasteiger partial charge on any atom is -0.446 e. The lowest BCUT2D eigenvalue weighted by atomic mass is 9.85. The molecule has 38 heavy (non-hydrogen) atoms. The number of rotatable bonds is 9. The molecule has 0 bridgehead atoms. The van der Waals surface area contributed by atoms with Crippen molar-refractivity contribution in [3.05, 3.63) is 0 Å². The summed E-state index contributed by atoms with van der Waals surface area (Å²) in [6, 6.07) is -2.70. The standard InChI is InChI=1S/C28H44N4O6/c1-14-8-7-9-18(14)38-26(37)31-22(27(2,3)4)25(36)32-13-16-19(28(16,5)6)20(32)24(35)30-17(12-15-10-11-15)21(33)23(29)34/h14-20,22H,7-13H2,1-6H3,(H2,29,34)(H,30,35)(H,31,37)/t14-,16?,17?,18-,19?,20-,22+/m0/s1. The average molecular weight is 533 g/mol. The Balaban J connectivity index is 1.51. The number of likely N-dealkylation sites (tertiary alicyclic amines) is 1. The lowest BCUT2D eigenvalue weighted by Crippen LogP contribution is -2.60. The van der Waals surface area contributed by atoms with Crippen LogP contribution in [0.2, 0.25) is 0 Å². The Morgan fingerprint density at radius 1 is 1.05 bits per heavy atom. The highest BCUT2D eigenvalue weighted by atomic mass is 16.6. The Kier molecular flexibility index (Phi) is 7.58. The maximum atomic E-state index is 14.0. The predicted molar refractivity (Wildman–Crippen MR) is 139 cm³/mol. The summed E-state index contributed by atoms with van der Waals surface area (Å²) >= 11 is 0. The molecule has 1 heterocycles. The number of alkyl carbamates (subject to hydrolysis) is 1. The van der Waals surface area contributed by atoms with Gasteiger partial charge in [0.15, 0.2) is 0 Å². The van der Waals surface area contributed by atoms with Gasteiger partial charge in [-0.05, 0) is 60.2 Å². The Labute approximate surface area is 225 Å². The number of primary amides is 1. The molecule has 7 atom stereocenters. The molecule has 4 fully saturated rings. The molecule has 0 aromatic rings. The number of ketones is 1. The van der Waals surface area contributed by atoms with Crippen LogP contribution in [0, 0.1) is 34.5 Å². The van der Waals surface area contributed by atoms with Crippen LogP contribution in [-0.2, 0) is 23.9 Å². The number of hydrogen-bond acceptors (Lipinski definition) is 6. The number of Topliss-reactive ketones (excluding diaryl/α,β-unsaturated/α-hetero) is 1. The molecule has 10 nitrogen and oxygen atoms in total. The number of nitrogens with zero attached hydrogens (tertiary/aromatic N) is 1. The van der Waals surface area contributed by atoms with Crippen molar-refractivity contribution < 1.29 is 28.7 Å². The number of carbonyl (C=O) groups excluding carboxylic acids is 5. The van der Waals surface area contributed by atoms with E-state index in [-0.39, 0.29) is 41.1 Å². The van der Waals surface area contributed by atoms with E-state index in [9.17, 15) is 24.0 Å². The number of carbonyl (C=O) groups is 5. The first kappa shape index (κ1) is 28.4. The van der Waals surface area contributed by atoms with Gasteiger partial charge in [0.05, 0.1) is 6.04 Å². The molecule has 0 spiro atoms.